The summed E-state index contributed by atoms with van der Waals surface area (Å²) in [5, 5.41) is 0. The van der Waals surface area contributed by atoms with E-state index in [-0.39, 0.29) is 38.0 Å². The maximum Gasteiger partial charge on any atom is 0.255 e. The third kappa shape index (κ3) is 4.51. The van der Waals surface area contributed by atoms with Crippen molar-refractivity contribution in [2.24, 2.45) is 0 Å². The molecule has 3 heterocycles. The van der Waals surface area contributed by atoms with Crippen LogP contribution in [0.5, 0.6) is 5.75 Å². The predicted octanol–water partition coefficient (Wildman–Crippen LogP) is 0.748. The average Bonchev–Trinajstić information content (AvgIpc) is 3.22. The fraction of sp³-hybridized carbons (Fsp3) is 0.360. The van der Waals surface area contributed by atoms with Gasteiger partial charge < -0.3 is 24.1 Å². The van der Waals surface area contributed by atoms with Crippen LogP contribution in [-0.2, 0) is 38.8 Å². The summed E-state index contributed by atoms with van der Waals surface area (Å²) in [6.07, 6.45) is 0.0175. The first-order chi connectivity index (χ1) is 17.3. The topological polar surface area (TPSA) is 96.5 Å². The zero-order valence-corrected chi connectivity index (χ0v) is 19.6. The van der Waals surface area contributed by atoms with Crippen LogP contribution in [0.25, 0.3) is 0 Å². The van der Waals surface area contributed by atoms with Gasteiger partial charge in [-0.15, -0.1) is 0 Å². The van der Waals surface area contributed by atoms with Gasteiger partial charge in [0.25, 0.3) is 5.91 Å². The lowest BCUT2D eigenvalue weighted by atomic mass is 9.76. The third-order valence-corrected chi connectivity index (χ3v) is 6.76. The Labute approximate surface area is 211 Å². The Morgan fingerprint density at radius 2 is 1.75 bits per heavy atom. The quantitative estimate of drug-likeness (QED) is 0.445. The number of hydrogen-bond donors (Lipinski definition) is 0. The highest BCUT2D eigenvalue weighted by Gasteiger charge is 2.44. The zero-order chi connectivity index (χ0) is 25.4. The van der Waals surface area contributed by atoms with Gasteiger partial charge in [0.15, 0.2) is 0 Å². The molecule has 0 aliphatic carbocycles. The number of piperidine rings is 1. The van der Waals surface area contributed by atoms with Crippen molar-refractivity contribution in [3.63, 3.8) is 0 Å². The largest absolute Gasteiger partial charge is 0.489 e. The van der Waals surface area contributed by atoms with Gasteiger partial charge in [-0.3, -0.25) is 19.2 Å². The molecule has 9 nitrogen and oxygen atoms in total. The van der Waals surface area contributed by atoms with Gasteiger partial charge in [0, 0.05) is 30.0 Å². The van der Waals surface area contributed by atoms with E-state index in [4.69, 9.17) is 25.3 Å². The molecule has 2 unspecified atom stereocenters. The monoisotopic (exact) mass is 483 g/mol. The fourth-order valence-corrected chi connectivity index (χ4v) is 4.70. The first kappa shape index (κ1) is 24.1. The van der Waals surface area contributed by atoms with Gasteiger partial charge in [-0.1, -0.05) is 30.3 Å². The number of benzene rings is 2. The maximum absolute atomic E-state index is 13.1. The van der Waals surface area contributed by atoms with E-state index in [1.807, 2.05) is 24.3 Å². The van der Waals surface area contributed by atoms with E-state index in [9.17, 15) is 19.2 Å². The van der Waals surface area contributed by atoms with E-state index in [0.717, 1.165) is 11.1 Å². The van der Waals surface area contributed by atoms with E-state index in [1.54, 1.807) is 23.1 Å². The van der Waals surface area contributed by atoms with E-state index in [1.165, 1.54) is 4.90 Å². The molecule has 4 amide bonds. The van der Waals surface area contributed by atoms with Gasteiger partial charge in [-0.2, -0.15) is 0 Å². The van der Waals surface area contributed by atoms with Crippen molar-refractivity contribution in [3.8, 4) is 5.75 Å². The van der Waals surface area contributed by atoms with Crippen LogP contribution in [0.15, 0.2) is 42.5 Å². The first-order valence-electron chi connectivity index (χ1n) is 11.7. The Bertz CT molecular complexity index is 1220. The smallest absolute Gasteiger partial charge is 0.255 e. The number of morpholine rings is 1. The van der Waals surface area contributed by atoms with Crippen molar-refractivity contribution in [1.82, 2.24) is 14.6 Å². The number of fused-ring (bicyclic) bond motifs is 1. The van der Waals surface area contributed by atoms with E-state index in [0.29, 0.717) is 41.4 Å². The molecule has 0 spiro atoms. The normalized spacial score (nSPS) is 22.3. The molecule has 2 fully saturated rings. The fourth-order valence-electron chi connectivity index (χ4n) is 4.70. The van der Waals surface area contributed by atoms with Gasteiger partial charge in [0.1, 0.15) is 25.0 Å². The summed E-state index contributed by atoms with van der Waals surface area (Å²) < 4.78 is 11.2. The first-order valence-corrected chi connectivity index (χ1v) is 11.7. The second-order valence-electron chi connectivity index (χ2n) is 9.09. The average molecular weight is 483 g/mol. The number of carbonyl (C=O) groups excluding carboxylic acids is 4. The molecule has 0 aromatic heterocycles. The van der Waals surface area contributed by atoms with Crippen molar-refractivity contribution in [1.29, 1.82) is 0 Å². The molecule has 2 aromatic rings. The number of nitrogens with zero attached hydrogens (tertiary/aromatic N) is 3. The summed E-state index contributed by atoms with van der Waals surface area (Å²) in [5.41, 5.74) is 3.06. The van der Waals surface area contributed by atoms with Gasteiger partial charge in [-0.25, -0.2) is 0 Å². The van der Waals surface area contributed by atoms with Crippen LogP contribution in [0, 0.1) is 0 Å². The third-order valence-electron chi connectivity index (χ3n) is 6.76. The Kier molecular flexibility index (Phi) is 6.57. The molecule has 0 N–H and O–H groups in total. The molecule has 11 heteroatoms. The summed E-state index contributed by atoms with van der Waals surface area (Å²) in [5.74, 6) is -2.06. The Hall–Kier alpha value is -3.59. The van der Waals surface area contributed by atoms with E-state index >= 15 is 0 Å². The number of carbonyl (C=O) groups is 4. The van der Waals surface area contributed by atoms with Crippen LogP contribution in [0.1, 0.15) is 33.5 Å². The molecule has 2 aromatic carbocycles. The maximum atomic E-state index is 13.1. The lowest BCUT2D eigenvalue weighted by molar-refractivity contribution is -0.146. The summed E-state index contributed by atoms with van der Waals surface area (Å²) >= 11 is 0. The molecule has 3 aliphatic rings. The lowest BCUT2D eigenvalue weighted by Gasteiger charge is -2.37. The minimum atomic E-state index is -0.950. The van der Waals surface area contributed by atoms with Crippen molar-refractivity contribution < 1.29 is 28.7 Å². The van der Waals surface area contributed by atoms with Crippen molar-refractivity contribution in [2.45, 2.75) is 38.0 Å². The van der Waals surface area contributed by atoms with Crippen LogP contribution < -0.4 is 4.74 Å². The van der Waals surface area contributed by atoms with Gasteiger partial charge in [0.05, 0.1) is 21.0 Å². The summed E-state index contributed by atoms with van der Waals surface area (Å²) in [6.45, 7) is 2.21. The summed E-state index contributed by atoms with van der Waals surface area (Å²) in [4.78, 5) is 53.2. The lowest BCUT2D eigenvalue weighted by Crippen LogP contribution is -2.55. The van der Waals surface area contributed by atoms with Crippen LogP contribution in [0.2, 0.25) is 5.82 Å². The van der Waals surface area contributed by atoms with E-state index in [2.05, 4.69) is 0 Å². The molecule has 36 heavy (non-hydrogen) atoms. The second kappa shape index (κ2) is 9.81. The van der Waals surface area contributed by atoms with Gasteiger partial charge in [0.2, 0.25) is 25.7 Å². The SMILES string of the molecule is [B]C1CC(N2Cc3c(OCc4ccc(CN5CCOCC5=O)cc4)cccc3C2=O)C(=O)N([B])C1=O. The van der Waals surface area contributed by atoms with Gasteiger partial charge in [-0.05, 0) is 29.7 Å². The van der Waals surface area contributed by atoms with E-state index < -0.39 is 23.7 Å². The molecule has 180 valence electrons. The molecule has 4 radical (unpaired) electrons. The number of imide groups is 1. The molecule has 0 bridgehead atoms. The molecule has 0 saturated carbocycles. The number of hydrogen-bond acceptors (Lipinski definition) is 6. The number of rotatable bonds is 6. The van der Waals surface area contributed by atoms with Crippen molar-refractivity contribution in [2.75, 3.05) is 19.8 Å². The van der Waals surface area contributed by atoms with Crippen LogP contribution in [0.4, 0.5) is 0 Å². The minimum Gasteiger partial charge on any atom is -0.489 e. The number of ether oxygens (including phenoxy) is 2. The van der Waals surface area contributed by atoms with Crippen LogP contribution in [0.3, 0.4) is 0 Å². The summed E-state index contributed by atoms with van der Waals surface area (Å²) in [6, 6.07) is 12.1. The second-order valence-corrected chi connectivity index (χ2v) is 9.09. The van der Waals surface area contributed by atoms with Crippen molar-refractivity contribution in [3.05, 3.63) is 64.7 Å². The number of amides is 4. The Morgan fingerprint density at radius 3 is 2.50 bits per heavy atom. The van der Waals surface area contributed by atoms with Crippen molar-refractivity contribution >= 4 is 39.5 Å². The highest BCUT2D eigenvalue weighted by atomic mass is 16.5. The molecule has 3 aliphatic heterocycles. The molecule has 2 saturated heterocycles. The van der Waals surface area contributed by atoms with Crippen LogP contribution in [-0.4, -0.2) is 79.9 Å². The Morgan fingerprint density at radius 1 is 1.00 bits per heavy atom. The molecule has 2 atom stereocenters. The molecular formula is C25H23B2N3O6. The molecule has 5 rings (SSSR count). The predicted molar refractivity (Wildman–Crippen MR) is 129 cm³/mol. The van der Waals surface area contributed by atoms with Crippen LogP contribution >= 0.6 is 0 Å². The summed E-state index contributed by atoms with van der Waals surface area (Å²) in [7, 11) is 11.4. The minimum absolute atomic E-state index is 0.0159. The zero-order valence-electron chi connectivity index (χ0n) is 19.6. The molecular weight excluding hydrogens is 460 g/mol. The Balaban J connectivity index is 1.25. The van der Waals surface area contributed by atoms with Gasteiger partial charge >= 0.3 is 0 Å². The standard InChI is InChI=1S/C25H23B2N3O6/c26-19-10-20(25(34)30(27)24(19)33)29-12-18-17(23(29)32)2-1-3-21(18)36-13-16-6-4-15(5-7-16)11-28-8-9-35-14-22(28)31/h1-7,19-20H,8-14H2. The highest BCUT2D eigenvalue weighted by Crippen LogP contribution is 2.35. The highest BCUT2D eigenvalue weighted by molar-refractivity contribution is 6.35.